The van der Waals surface area contributed by atoms with Crippen LogP contribution in [0.2, 0.25) is 0 Å². The van der Waals surface area contributed by atoms with Crippen LogP contribution >= 0.6 is 0 Å². The minimum atomic E-state index is -4.41. The van der Waals surface area contributed by atoms with E-state index >= 15 is 0 Å². The third kappa shape index (κ3) is 5.16. The summed E-state index contributed by atoms with van der Waals surface area (Å²) in [5.74, 6) is 0.584. The first kappa shape index (κ1) is 22.4. The molecule has 0 saturated carbocycles. The maximum absolute atomic E-state index is 13.0. The number of aryl methyl sites for hydroxylation is 1. The van der Waals surface area contributed by atoms with Gasteiger partial charge in [0.05, 0.1) is 24.9 Å². The molecule has 2 heterocycles. The van der Waals surface area contributed by atoms with Gasteiger partial charge >= 0.3 is 6.18 Å². The molecule has 10 heteroatoms. The van der Waals surface area contributed by atoms with Crippen LogP contribution in [0, 0.1) is 6.92 Å². The molecule has 1 atom stereocenters. The van der Waals surface area contributed by atoms with E-state index in [9.17, 15) is 18.0 Å². The number of rotatable bonds is 6. The van der Waals surface area contributed by atoms with Crippen LogP contribution in [-0.2, 0) is 22.4 Å². The van der Waals surface area contributed by atoms with Gasteiger partial charge in [-0.1, -0.05) is 17.3 Å². The number of methoxy groups -OCH3 is 1. The zero-order valence-electron chi connectivity index (χ0n) is 17.9. The molecule has 1 unspecified atom stereocenters. The first-order valence-electron chi connectivity index (χ1n) is 10.1. The van der Waals surface area contributed by atoms with E-state index in [4.69, 9.17) is 9.57 Å². The van der Waals surface area contributed by atoms with E-state index in [0.717, 1.165) is 17.7 Å². The van der Waals surface area contributed by atoms with Crippen molar-refractivity contribution >= 4 is 17.4 Å². The van der Waals surface area contributed by atoms with Crippen LogP contribution < -0.4 is 10.1 Å². The van der Waals surface area contributed by atoms with Gasteiger partial charge in [-0.15, -0.1) is 0 Å². The first-order valence-corrected chi connectivity index (χ1v) is 10.1. The number of amides is 1. The van der Waals surface area contributed by atoms with Gasteiger partial charge in [0.25, 0.3) is 5.91 Å². The molecule has 1 aromatic heterocycles. The van der Waals surface area contributed by atoms with Crippen LogP contribution in [0.5, 0.6) is 5.75 Å². The van der Waals surface area contributed by atoms with Crippen LogP contribution in [0.4, 0.5) is 19.0 Å². The number of anilines is 1. The van der Waals surface area contributed by atoms with E-state index < -0.39 is 23.8 Å². The molecular formula is C23H21F3N4O3. The second-order valence-electron chi connectivity index (χ2n) is 7.58. The van der Waals surface area contributed by atoms with Gasteiger partial charge in [-0.3, -0.25) is 9.48 Å². The van der Waals surface area contributed by atoms with Gasteiger partial charge in [-0.05, 0) is 54.4 Å². The number of nitrogens with one attached hydrogen (secondary N) is 1. The molecule has 172 valence electrons. The van der Waals surface area contributed by atoms with Crippen LogP contribution in [0.1, 0.15) is 28.8 Å². The minimum Gasteiger partial charge on any atom is -0.497 e. The van der Waals surface area contributed by atoms with E-state index in [1.54, 1.807) is 38.3 Å². The van der Waals surface area contributed by atoms with Gasteiger partial charge in [-0.25, -0.2) is 0 Å². The number of aromatic nitrogens is 2. The molecule has 2 aromatic carbocycles. The molecule has 33 heavy (non-hydrogen) atoms. The summed E-state index contributed by atoms with van der Waals surface area (Å²) < 4.78 is 45.5. The van der Waals surface area contributed by atoms with E-state index in [1.165, 1.54) is 10.7 Å². The van der Waals surface area contributed by atoms with Crippen molar-refractivity contribution < 1.29 is 27.5 Å². The van der Waals surface area contributed by atoms with Gasteiger partial charge in [0.2, 0.25) is 6.10 Å². The second-order valence-corrected chi connectivity index (χ2v) is 7.58. The summed E-state index contributed by atoms with van der Waals surface area (Å²) in [5.41, 5.74) is 1.89. The van der Waals surface area contributed by atoms with Crippen LogP contribution in [0.15, 0.2) is 59.8 Å². The zero-order chi connectivity index (χ0) is 23.6. The Bertz CT molecular complexity index is 1190. The van der Waals surface area contributed by atoms with Crippen molar-refractivity contribution in [3.8, 4) is 5.75 Å². The smallest absolute Gasteiger partial charge is 0.416 e. The molecule has 1 N–H and O–H groups in total. The van der Waals surface area contributed by atoms with Gasteiger partial charge in [0.1, 0.15) is 5.75 Å². The van der Waals surface area contributed by atoms with Gasteiger partial charge in [0, 0.05) is 18.2 Å². The lowest BCUT2D eigenvalue weighted by Crippen LogP contribution is -2.28. The maximum Gasteiger partial charge on any atom is 0.416 e. The Labute approximate surface area is 187 Å². The second kappa shape index (κ2) is 8.97. The van der Waals surface area contributed by atoms with E-state index in [2.05, 4.69) is 15.6 Å². The normalized spacial score (nSPS) is 15.7. The summed E-state index contributed by atoms with van der Waals surface area (Å²) in [5, 5.41) is 11.0. The molecule has 0 fully saturated rings. The lowest BCUT2D eigenvalue weighted by Gasteiger charge is -2.10. The largest absolute Gasteiger partial charge is 0.497 e. The fourth-order valence-corrected chi connectivity index (χ4v) is 3.43. The van der Waals surface area contributed by atoms with Crippen molar-refractivity contribution in [2.45, 2.75) is 32.2 Å². The number of carbonyl (C=O) groups is 1. The SMILES string of the molecule is COc1ccc(C2=NOC(C(=O)Nc3cc(C)n(Cc4cccc(C(F)(F)F)c4)n3)C2)cc1. The van der Waals surface area contributed by atoms with Crippen molar-refractivity contribution in [1.29, 1.82) is 0 Å². The summed E-state index contributed by atoms with van der Waals surface area (Å²) in [4.78, 5) is 17.9. The fraction of sp³-hybridized carbons (Fsp3) is 0.261. The summed E-state index contributed by atoms with van der Waals surface area (Å²) in [6.45, 7) is 1.89. The van der Waals surface area contributed by atoms with E-state index in [-0.39, 0.29) is 12.4 Å². The molecule has 3 aromatic rings. The predicted molar refractivity (Wildman–Crippen MR) is 115 cm³/mol. The Morgan fingerprint density at radius 1 is 1.21 bits per heavy atom. The van der Waals surface area contributed by atoms with Crippen molar-refractivity contribution in [3.05, 3.63) is 77.0 Å². The molecule has 0 spiro atoms. The number of nitrogens with zero attached hydrogens (tertiary/aromatic N) is 3. The summed E-state index contributed by atoms with van der Waals surface area (Å²) in [6.07, 6.45) is -4.93. The Hall–Kier alpha value is -3.82. The molecule has 0 saturated heterocycles. The highest BCUT2D eigenvalue weighted by atomic mass is 19.4. The van der Waals surface area contributed by atoms with Crippen molar-refractivity contribution in [3.63, 3.8) is 0 Å². The number of alkyl halides is 3. The molecular weight excluding hydrogens is 437 g/mol. The summed E-state index contributed by atoms with van der Waals surface area (Å²) in [6, 6.07) is 14.0. The lowest BCUT2D eigenvalue weighted by atomic mass is 10.0. The molecule has 0 radical (unpaired) electrons. The summed E-state index contributed by atoms with van der Waals surface area (Å²) in [7, 11) is 1.58. The molecule has 7 nitrogen and oxygen atoms in total. The highest BCUT2D eigenvalue weighted by Crippen LogP contribution is 2.30. The van der Waals surface area contributed by atoms with Crippen LogP contribution in [0.25, 0.3) is 0 Å². The Morgan fingerprint density at radius 3 is 2.67 bits per heavy atom. The van der Waals surface area contributed by atoms with Gasteiger partial charge in [0.15, 0.2) is 5.82 Å². The highest BCUT2D eigenvalue weighted by Gasteiger charge is 2.31. The van der Waals surface area contributed by atoms with Gasteiger partial charge in [-0.2, -0.15) is 18.3 Å². The van der Waals surface area contributed by atoms with Crippen molar-refractivity contribution in [2.24, 2.45) is 5.16 Å². The lowest BCUT2D eigenvalue weighted by molar-refractivity contribution is -0.137. The minimum absolute atomic E-state index is 0.135. The standard InChI is InChI=1S/C23H21F3N4O3/c1-14-10-21(28-30(14)13-15-4-3-5-17(11-15)23(24,25)26)27-22(31)20-12-19(29-33-20)16-6-8-18(32-2)9-7-16/h3-11,20H,12-13H2,1-2H3,(H,27,28,31). The predicted octanol–water partition coefficient (Wildman–Crippen LogP) is 4.40. The average Bonchev–Trinajstić information content (AvgIpc) is 3.41. The number of carbonyl (C=O) groups excluding carboxylic acids is 1. The number of benzene rings is 2. The number of ether oxygens (including phenoxy) is 1. The fourth-order valence-electron chi connectivity index (χ4n) is 3.43. The van der Waals surface area contributed by atoms with Crippen LogP contribution in [0.3, 0.4) is 0 Å². The average molecular weight is 458 g/mol. The third-order valence-corrected chi connectivity index (χ3v) is 5.20. The number of oxime groups is 1. The zero-order valence-corrected chi connectivity index (χ0v) is 17.9. The molecule has 0 aliphatic carbocycles. The van der Waals surface area contributed by atoms with Crippen molar-refractivity contribution in [2.75, 3.05) is 12.4 Å². The van der Waals surface area contributed by atoms with E-state index in [0.29, 0.717) is 29.1 Å². The number of hydrogen-bond acceptors (Lipinski definition) is 5. The van der Waals surface area contributed by atoms with Gasteiger partial charge < -0.3 is 14.9 Å². The third-order valence-electron chi connectivity index (χ3n) is 5.20. The Morgan fingerprint density at radius 2 is 1.97 bits per heavy atom. The Kier molecular flexibility index (Phi) is 6.08. The Balaban J connectivity index is 1.38. The highest BCUT2D eigenvalue weighted by molar-refractivity contribution is 6.06. The van der Waals surface area contributed by atoms with E-state index in [1.807, 2.05) is 12.1 Å². The molecule has 1 aliphatic rings. The quantitative estimate of drug-likeness (QED) is 0.594. The molecule has 0 bridgehead atoms. The molecule has 1 amide bonds. The van der Waals surface area contributed by atoms with Crippen molar-refractivity contribution in [1.82, 2.24) is 9.78 Å². The first-order chi connectivity index (χ1) is 15.7. The maximum atomic E-state index is 13.0. The van der Waals surface area contributed by atoms with Crippen LogP contribution in [-0.4, -0.2) is 34.6 Å². The number of halogens is 3. The number of hydrogen-bond donors (Lipinski definition) is 1. The molecule has 4 rings (SSSR count). The monoisotopic (exact) mass is 458 g/mol. The molecule has 1 aliphatic heterocycles. The topological polar surface area (TPSA) is 77.7 Å². The summed E-state index contributed by atoms with van der Waals surface area (Å²) >= 11 is 0.